The van der Waals surface area contributed by atoms with Gasteiger partial charge in [-0.25, -0.2) is 0 Å². The van der Waals surface area contributed by atoms with Gasteiger partial charge < -0.3 is 4.72 Å². The fourth-order valence-corrected chi connectivity index (χ4v) is 4.08. The Morgan fingerprint density at radius 1 is 1.12 bits per heavy atom. The molecule has 96 valence electrons. The summed E-state index contributed by atoms with van der Waals surface area (Å²) in [6.07, 6.45) is 0.983. The molecule has 1 saturated heterocycles. The van der Waals surface area contributed by atoms with Crippen molar-refractivity contribution < 1.29 is 62.4 Å². The quantitative estimate of drug-likeness (QED) is 0.595. The molecule has 2 nitrogen and oxygen atoms in total. The molecule has 1 rings (SSSR count). The Hall–Kier alpha value is 1.79. The standard InChI is InChI=1S/C13H26NOS.Rb/c1-12(2,3)10-8-9-16(7,15)14-11(10)13(4,5)6;/h10-11H,7-9H2,1-6H3;/q-1;+1. The molecule has 17 heavy (non-hydrogen) atoms. The van der Waals surface area contributed by atoms with Crippen molar-refractivity contribution in [3.8, 4) is 0 Å². The molecule has 0 aromatic rings. The average molecular weight is 330 g/mol. The van der Waals surface area contributed by atoms with Gasteiger partial charge in [0.15, 0.2) is 0 Å². The van der Waals surface area contributed by atoms with Crippen LogP contribution in [0.3, 0.4) is 0 Å². The molecular formula is C13H26NORbS. The minimum Gasteiger partial charge on any atom is -0.579 e. The molecule has 0 N–H and O–H groups in total. The minimum absolute atomic E-state index is 0. The molecule has 1 fully saturated rings. The molecule has 3 unspecified atom stereocenters. The van der Waals surface area contributed by atoms with Crippen molar-refractivity contribution in [3.63, 3.8) is 0 Å². The molecule has 0 amide bonds. The van der Waals surface area contributed by atoms with E-state index in [9.17, 15) is 4.21 Å². The van der Waals surface area contributed by atoms with E-state index in [1.54, 1.807) is 0 Å². The van der Waals surface area contributed by atoms with E-state index in [0.717, 1.165) is 6.42 Å². The molecule has 4 heteroatoms. The maximum atomic E-state index is 12.1. The summed E-state index contributed by atoms with van der Waals surface area (Å²) in [5.74, 6) is 4.93. The molecule has 0 bridgehead atoms. The van der Waals surface area contributed by atoms with Gasteiger partial charge in [-0.2, -0.15) is 0 Å². The SMILES string of the molecule is C=S1(=O)CCC(C(C)(C)C)C(C(C)(C)C)[N-]1.[Rb+]. The second-order valence-corrected chi connectivity index (χ2v) is 9.32. The average Bonchev–Trinajstić information content (AvgIpc) is 1.97. The van der Waals surface area contributed by atoms with Crippen molar-refractivity contribution in [1.82, 2.24) is 0 Å². The first-order chi connectivity index (χ1) is 6.93. The van der Waals surface area contributed by atoms with Crippen LogP contribution in [-0.4, -0.2) is 21.9 Å². The van der Waals surface area contributed by atoms with Crippen LogP contribution in [0.4, 0.5) is 0 Å². The van der Waals surface area contributed by atoms with E-state index in [1.165, 1.54) is 0 Å². The van der Waals surface area contributed by atoms with Crippen molar-refractivity contribution in [2.45, 2.75) is 54.0 Å². The van der Waals surface area contributed by atoms with Crippen LogP contribution >= 0.6 is 0 Å². The van der Waals surface area contributed by atoms with Crippen LogP contribution in [0.15, 0.2) is 0 Å². The largest absolute Gasteiger partial charge is 1.00 e. The van der Waals surface area contributed by atoms with E-state index in [0.29, 0.717) is 11.7 Å². The van der Waals surface area contributed by atoms with Gasteiger partial charge in [0, 0.05) is 0 Å². The van der Waals surface area contributed by atoms with Gasteiger partial charge in [-0.3, -0.25) is 4.21 Å². The third-order valence-corrected chi connectivity index (χ3v) is 4.92. The first-order valence-electron chi connectivity index (χ1n) is 6.00. The summed E-state index contributed by atoms with van der Waals surface area (Å²) in [4.78, 5) is 0. The molecular weight excluding hydrogens is 304 g/mol. The summed E-state index contributed by atoms with van der Waals surface area (Å²) in [5, 5.41) is 0. The van der Waals surface area contributed by atoms with Crippen molar-refractivity contribution in [2.75, 3.05) is 5.75 Å². The molecule has 0 aliphatic carbocycles. The molecule has 0 aromatic carbocycles. The molecule has 0 radical (unpaired) electrons. The van der Waals surface area contributed by atoms with E-state index in [4.69, 9.17) is 0 Å². The minimum atomic E-state index is -2.18. The van der Waals surface area contributed by atoms with Crippen LogP contribution in [0.25, 0.3) is 4.72 Å². The summed E-state index contributed by atoms with van der Waals surface area (Å²) >= 11 is 0. The summed E-state index contributed by atoms with van der Waals surface area (Å²) in [7, 11) is -2.18. The molecule has 0 spiro atoms. The second kappa shape index (κ2) is 6.05. The zero-order chi connectivity index (χ0) is 12.8. The maximum absolute atomic E-state index is 12.1. The Kier molecular flexibility index (Phi) is 6.68. The van der Waals surface area contributed by atoms with Crippen LogP contribution in [0.5, 0.6) is 0 Å². The van der Waals surface area contributed by atoms with Gasteiger partial charge in [-0.15, -0.1) is 15.7 Å². The third kappa shape index (κ3) is 5.35. The topological polar surface area (TPSA) is 31.2 Å². The first-order valence-corrected chi connectivity index (χ1v) is 7.86. The first kappa shape index (κ1) is 18.8. The zero-order valence-electron chi connectivity index (χ0n) is 12.5. The van der Waals surface area contributed by atoms with Gasteiger partial charge in [-0.1, -0.05) is 58.7 Å². The monoisotopic (exact) mass is 329 g/mol. The van der Waals surface area contributed by atoms with Gasteiger partial charge >= 0.3 is 58.2 Å². The number of nitrogens with zero attached hydrogens (tertiary/aromatic N) is 1. The normalized spacial score (nSPS) is 35.2. The van der Waals surface area contributed by atoms with E-state index in [2.05, 4.69) is 52.1 Å². The molecule has 1 aliphatic rings. The van der Waals surface area contributed by atoms with Crippen molar-refractivity contribution in [1.29, 1.82) is 0 Å². The summed E-state index contributed by atoms with van der Waals surface area (Å²) in [6.45, 7) is 13.3. The molecule has 1 heterocycles. The van der Waals surface area contributed by atoms with E-state index in [-0.39, 0.29) is 75.1 Å². The smallest absolute Gasteiger partial charge is 0.579 e. The molecule has 3 atom stereocenters. The summed E-state index contributed by atoms with van der Waals surface area (Å²) in [6, 6.07) is 0.159. The van der Waals surface area contributed by atoms with Crippen molar-refractivity contribution in [2.24, 2.45) is 16.7 Å². The van der Waals surface area contributed by atoms with E-state index in [1.807, 2.05) is 0 Å². The second-order valence-electron chi connectivity index (χ2n) is 7.15. The number of rotatable bonds is 0. The zero-order valence-corrected chi connectivity index (χ0v) is 18.3. The predicted octanol–water partition coefficient (Wildman–Crippen LogP) is 0.476. The predicted molar refractivity (Wildman–Crippen MR) is 74.3 cm³/mol. The summed E-state index contributed by atoms with van der Waals surface area (Å²) in [5.41, 5.74) is 0.288. The van der Waals surface area contributed by atoms with Gasteiger partial charge in [-0.05, 0) is 17.6 Å². The van der Waals surface area contributed by atoms with Crippen LogP contribution in [0.2, 0.25) is 0 Å². The Bertz CT molecular complexity index is 349. The van der Waals surface area contributed by atoms with Gasteiger partial charge in [0.25, 0.3) is 0 Å². The van der Waals surface area contributed by atoms with Crippen LogP contribution < -0.4 is 58.2 Å². The molecule has 1 aliphatic heterocycles. The van der Waals surface area contributed by atoms with E-state index >= 15 is 0 Å². The van der Waals surface area contributed by atoms with Gasteiger partial charge in [0.05, 0.1) is 0 Å². The van der Waals surface area contributed by atoms with Crippen LogP contribution in [-0.2, 0) is 9.71 Å². The fraction of sp³-hybridized carbons (Fsp3) is 0.923. The van der Waals surface area contributed by atoms with Gasteiger partial charge in [0.2, 0.25) is 0 Å². The Morgan fingerprint density at radius 3 is 1.94 bits per heavy atom. The van der Waals surface area contributed by atoms with Crippen LogP contribution in [0, 0.1) is 16.7 Å². The maximum Gasteiger partial charge on any atom is 1.00 e. The Balaban J connectivity index is 0.00000256. The van der Waals surface area contributed by atoms with Crippen molar-refractivity contribution in [3.05, 3.63) is 4.72 Å². The third-order valence-electron chi connectivity index (χ3n) is 3.43. The molecule has 0 saturated carbocycles. The van der Waals surface area contributed by atoms with Crippen LogP contribution in [0.1, 0.15) is 48.0 Å². The Labute approximate surface area is 157 Å². The molecule has 0 aromatic heterocycles. The number of hydrogen-bond donors (Lipinski definition) is 0. The van der Waals surface area contributed by atoms with Gasteiger partial charge in [0.1, 0.15) is 0 Å². The van der Waals surface area contributed by atoms with Crippen molar-refractivity contribution >= 4 is 15.6 Å². The number of hydrogen-bond acceptors (Lipinski definition) is 1. The Morgan fingerprint density at radius 2 is 1.59 bits per heavy atom. The summed E-state index contributed by atoms with van der Waals surface area (Å²) < 4.78 is 16.6. The van der Waals surface area contributed by atoms with E-state index < -0.39 is 9.71 Å². The fourth-order valence-electron chi connectivity index (χ4n) is 2.47.